The molecule has 0 aliphatic carbocycles. The molecule has 0 unspecified atom stereocenters. The molecule has 1 amide bonds. The Morgan fingerprint density at radius 1 is 1.32 bits per heavy atom. The van der Waals surface area contributed by atoms with Crippen LogP contribution in [0.4, 0.5) is 0 Å². The van der Waals surface area contributed by atoms with Gasteiger partial charge in [-0.05, 0) is 37.6 Å². The van der Waals surface area contributed by atoms with Crippen LogP contribution in [0.3, 0.4) is 0 Å². The number of primary sulfonamides is 1. The van der Waals surface area contributed by atoms with Gasteiger partial charge in [0.25, 0.3) is 5.91 Å². The van der Waals surface area contributed by atoms with E-state index in [-0.39, 0.29) is 10.8 Å². The minimum Gasteiger partial charge on any atom is -0.352 e. The number of nitrogens with zero attached hydrogens (tertiary/aromatic N) is 1. The number of hydrogen-bond acceptors (Lipinski definition) is 5. The van der Waals surface area contributed by atoms with Crippen molar-refractivity contribution < 1.29 is 13.2 Å². The maximum atomic E-state index is 11.9. The first-order chi connectivity index (χ1) is 10.4. The number of thiazole rings is 1. The van der Waals surface area contributed by atoms with Gasteiger partial charge in [-0.3, -0.25) is 4.79 Å². The van der Waals surface area contributed by atoms with E-state index in [4.69, 9.17) is 5.14 Å². The van der Waals surface area contributed by atoms with E-state index in [9.17, 15) is 13.2 Å². The first-order valence-electron chi connectivity index (χ1n) is 6.68. The Bertz CT molecular complexity index is 752. The van der Waals surface area contributed by atoms with Crippen LogP contribution in [0, 0.1) is 6.92 Å². The highest BCUT2D eigenvalue weighted by atomic mass is 32.2. The molecule has 0 fully saturated rings. The van der Waals surface area contributed by atoms with Crippen LogP contribution >= 0.6 is 11.3 Å². The number of rotatable bonds is 6. The number of aromatic nitrogens is 1. The lowest BCUT2D eigenvalue weighted by Gasteiger charge is -2.05. The minimum absolute atomic E-state index is 0.0109. The van der Waals surface area contributed by atoms with Crippen LogP contribution in [-0.2, 0) is 16.4 Å². The molecule has 3 N–H and O–H groups in total. The van der Waals surface area contributed by atoms with E-state index in [2.05, 4.69) is 10.3 Å². The van der Waals surface area contributed by atoms with Crippen LogP contribution < -0.4 is 10.5 Å². The Morgan fingerprint density at radius 2 is 2.00 bits per heavy atom. The van der Waals surface area contributed by atoms with E-state index >= 15 is 0 Å². The molecule has 0 atom stereocenters. The van der Waals surface area contributed by atoms with Crippen LogP contribution in [0.2, 0.25) is 0 Å². The Balaban J connectivity index is 1.82. The zero-order valence-corrected chi connectivity index (χ0v) is 13.7. The van der Waals surface area contributed by atoms with Gasteiger partial charge < -0.3 is 5.32 Å². The van der Waals surface area contributed by atoms with Gasteiger partial charge in [-0.1, -0.05) is 0 Å². The third-order valence-electron chi connectivity index (χ3n) is 2.96. The van der Waals surface area contributed by atoms with Crippen molar-refractivity contribution in [1.82, 2.24) is 10.3 Å². The van der Waals surface area contributed by atoms with E-state index in [0.29, 0.717) is 12.1 Å². The summed E-state index contributed by atoms with van der Waals surface area (Å²) in [6.07, 6.45) is 1.62. The number of carbonyl (C=O) groups excluding carboxylic acids is 1. The van der Waals surface area contributed by atoms with Crippen molar-refractivity contribution in [2.45, 2.75) is 24.7 Å². The Hall–Kier alpha value is -1.77. The molecule has 8 heteroatoms. The molecule has 1 aromatic carbocycles. The highest BCUT2D eigenvalue weighted by molar-refractivity contribution is 7.89. The minimum atomic E-state index is -3.73. The van der Waals surface area contributed by atoms with Crippen LogP contribution in [-0.4, -0.2) is 25.9 Å². The molecule has 1 aromatic heterocycles. The number of benzene rings is 1. The Labute approximate surface area is 133 Å². The number of carbonyl (C=O) groups is 1. The van der Waals surface area contributed by atoms with E-state index < -0.39 is 10.0 Å². The van der Waals surface area contributed by atoms with Gasteiger partial charge in [0.15, 0.2) is 0 Å². The number of nitrogens with two attached hydrogens (primary N) is 1. The molecule has 22 heavy (non-hydrogen) atoms. The molecule has 0 spiro atoms. The number of aryl methyl sites for hydroxylation is 2. The van der Waals surface area contributed by atoms with Gasteiger partial charge in [0, 0.05) is 29.6 Å². The molecule has 2 aromatic rings. The smallest absolute Gasteiger partial charge is 0.251 e. The van der Waals surface area contributed by atoms with Crippen LogP contribution in [0.5, 0.6) is 0 Å². The summed E-state index contributed by atoms with van der Waals surface area (Å²) in [5.74, 6) is -0.240. The van der Waals surface area contributed by atoms with Crippen LogP contribution in [0.15, 0.2) is 34.5 Å². The molecule has 2 rings (SSSR count). The Morgan fingerprint density at radius 3 is 2.55 bits per heavy atom. The van der Waals surface area contributed by atoms with Crippen LogP contribution in [0.1, 0.15) is 27.5 Å². The number of nitrogens with one attached hydrogen (secondary N) is 1. The zero-order chi connectivity index (χ0) is 16.2. The van der Waals surface area contributed by atoms with Crippen molar-refractivity contribution in [2.24, 2.45) is 5.14 Å². The normalized spacial score (nSPS) is 11.4. The van der Waals surface area contributed by atoms with Crippen molar-refractivity contribution >= 4 is 27.3 Å². The van der Waals surface area contributed by atoms with Gasteiger partial charge in [0.2, 0.25) is 10.0 Å². The maximum absolute atomic E-state index is 11.9. The second-order valence-electron chi connectivity index (χ2n) is 4.81. The molecule has 0 saturated heterocycles. The fraction of sp³-hybridized carbons (Fsp3) is 0.286. The summed E-state index contributed by atoms with van der Waals surface area (Å²) in [7, 11) is -3.73. The van der Waals surface area contributed by atoms with Gasteiger partial charge in [0.05, 0.1) is 9.90 Å². The standard InChI is InChI=1S/C14H17N3O3S2/c1-10-9-21-13(17-10)3-2-8-16-14(18)11-4-6-12(7-5-11)22(15,19)20/h4-7,9H,2-3,8H2,1H3,(H,16,18)(H2,15,19,20). The Kier molecular flexibility index (Phi) is 5.28. The highest BCUT2D eigenvalue weighted by Gasteiger charge is 2.10. The molecule has 0 radical (unpaired) electrons. The molecule has 0 aliphatic rings. The van der Waals surface area contributed by atoms with Gasteiger partial charge >= 0.3 is 0 Å². The van der Waals surface area contributed by atoms with E-state index in [1.807, 2.05) is 12.3 Å². The molecular weight excluding hydrogens is 322 g/mol. The first-order valence-corrected chi connectivity index (χ1v) is 9.11. The van der Waals surface area contributed by atoms with Gasteiger partial charge in [-0.15, -0.1) is 11.3 Å². The maximum Gasteiger partial charge on any atom is 0.251 e. The first kappa shape index (κ1) is 16.6. The van der Waals surface area contributed by atoms with E-state index in [0.717, 1.165) is 23.5 Å². The third-order valence-corrected chi connectivity index (χ3v) is 4.92. The topological polar surface area (TPSA) is 102 Å². The summed E-state index contributed by atoms with van der Waals surface area (Å²) >= 11 is 1.62. The van der Waals surface area contributed by atoms with Crippen molar-refractivity contribution in [3.63, 3.8) is 0 Å². The lowest BCUT2D eigenvalue weighted by molar-refractivity contribution is 0.0953. The number of hydrogen-bond donors (Lipinski definition) is 2. The summed E-state index contributed by atoms with van der Waals surface area (Å²) in [5.41, 5.74) is 1.41. The summed E-state index contributed by atoms with van der Waals surface area (Å²) < 4.78 is 22.3. The summed E-state index contributed by atoms with van der Waals surface area (Å²) in [6.45, 7) is 2.49. The average Bonchev–Trinajstić information content (AvgIpc) is 2.88. The average molecular weight is 339 g/mol. The predicted molar refractivity (Wildman–Crippen MR) is 85.3 cm³/mol. The number of amides is 1. The SMILES string of the molecule is Cc1csc(CCCNC(=O)c2ccc(S(N)(=O)=O)cc2)n1. The second-order valence-corrected chi connectivity index (χ2v) is 7.32. The fourth-order valence-corrected chi connectivity index (χ4v) is 3.19. The molecule has 118 valence electrons. The van der Waals surface area contributed by atoms with Crippen molar-refractivity contribution in [1.29, 1.82) is 0 Å². The molecule has 6 nitrogen and oxygen atoms in total. The monoisotopic (exact) mass is 339 g/mol. The molecule has 1 heterocycles. The quantitative estimate of drug-likeness (QED) is 0.778. The zero-order valence-electron chi connectivity index (χ0n) is 12.1. The molecular formula is C14H17N3O3S2. The lowest BCUT2D eigenvalue weighted by Crippen LogP contribution is -2.24. The van der Waals surface area contributed by atoms with Gasteiger partial charge in [-0.2, -0.15) is 0 Å². The second kappa shape index (κ2) is 6.99. The lowest BCUT2D eigenvalue weighted by atomic mass is 10.2. The summed E-state index contributed by atoms with van der Waals surface area (Å²) in [4.78, 5) is 16.3. The third kappa shape index (κ3) is 4.62. The molecule has 0 aliphatic heterocycles. The summed E-state index contributed by atoms with van der Waals surface area (Å²) in [5, 5.41) is 10.9. The molecule has 0 bridgehead atoms. The van der Waals surface area contributed by atoms with Gasteiger partial charge in [0.1, 0.15) is 0 Å². The predicted octanol–water partition coefficient (Wildman–Crippen LogP) is 1.46. The van der Waals surface area contributed by atoms with Crippen molar-refractivity contribution in [3.8, 4) is 0 Å². The largest absolute Gasteiger partial charge is 0.352 e. The van der Waals surface area contributed by atoms with Gasteiger partial charge in [-0.25, -0.2) is 18.5 Å². The summed E-state index contributed by atoms with van der Waals surface area (Å²) in [6, 6.07) is 5.53. The number of sulfonamides is 1. The highest BCUT2D eigenvalue weighted by Crippen LogP contribution is 2.11. The molecule has 0 saturated carbocycles. The van der Waals surface area contributed by atoms with E-state index in [1.165, 1.54) is 24.3 Å². The van der Waals surface area contributed by atoms with Crippen molar-refractivity contribution in [3.05, 3.63) is 45.9 Å². The van der Waals surface area contributed by atoms with E-state index in [1.54, 1.807) is 11.3 Å². The van der Waals surface area contributed by atoms with Crippen LogP contribution in [0.25, 0.3) is 0 Å². The fourth-order valence-electron chi connectivity index (χ4n) is 1.86. The van der Waals surface area contributed by atoms with Crippen molar-refractivity contribution in [2.75, 3.05) is 6.54 Å².